The van der Waals surface area contributed by atoms with Gasteiger partial charge in [-0.05, 0) is 17.7 Å². The molecule has 0 aliphatic heterocycles. The summed E-state index contributed by atoms with van der Waals surface area (Å²) in [7, 11) is 0. The molecule has 0 rings (SSSR count). The van der Waals surface area contributed by atoms with Gasteiger partial charge in [0.1, 0.15) is 6.04 Å². The van der Waals surface area contributed by atoms with Crippen LogP contribution in [0.15, 0.2) is 5.11 Å². The highest BCUT2D eigenvalue weighted by molar-refractivity contribution is 8.13. The standard InChI is InChI=1S/C8H15N3OS/c1-3-5-6-7(10-11-9)8(12)13-4-2/h7H,3-6H2,1-2H3. The molecule has 0 aromatic rings. The third-order valence-corrected chi connectivity index (χ3v) is 2.43. The molecule has 13 heavy (non-hydrogen) atoms. The monoisotopic (exact) mass is 201 g/mol. The fourth-order valence-corrected chi connectivity index (χ4v) is 1.56. The zero-order valence-corrected chi connectivity index (χ0v) is 8.88. The van der Waals surface area contributed by atoms with Crippen LogP contribution in [-0.4, -0.2) is 16.9 Å². The molecule has 0 aromatic heterocycles. The smallest absolute Gasteiger partial charge is 0.197 e. The molecule has 0 saturated heterocycles. The Balaban J connectivity index is 4.06. The Morgan fingerprint density at radius 2 is 2.31 bits per heavy atom. The van der Waals surface area contributed by atoms with E-state index in [-0.39, 0.29) is 5.12 Å². The number of carbonyl (C=O) groups is 1. The van der Waals surface area contributed by atoms with Gasteiger partial charge in [0.2, 0.25) is 0 Å². The molecule has 1 unspecified atom stereocenters. The summed E-state index contributed by atoms with van der Waals surface area (Å²) < 4.78 is 0. The first kappa shape index (κ1) is 12.3. The topological polar surface area (TPSA) is 65.8 Å². The van der Waals surface area contributed by atoms with Crippen LogP contribution in [0.2, 0.25) is 0 Å². The molecule has 0 saturated carbocycles. The Bertz CT molecular complexity index is 202. The summed E-state index contributed by atoms with van der Waals surface area (Å²) >= 11 is 1.23. The van der Waals surface area contributed by atoms with Crippen LogP contribution in [0.5, 0.6) is 0 Å². The minimum Gasteiger partial charge on any atom is -0.287 e. The molecule has 74 valence electrons. The van der Waals surface area contributed by atoms with Gasteiger partial charge in [-0.15, -0.1) is 0 Å². The lowest BCUT2D eigenvalue weighted by molar-refractivity contribution is -0.112. The van der Waals surface area contributed by atoms with Gasteiger partial charge in [0.15, 0.2) is 5.12 Å². The zero-order chi connectivity index (χ0) is 10.1. The molecule has 0 radical (unpaired) electrons. The van der Waals surface area contributed by atoms with E-state index < -0.39 is 6.04 Å². The van der Waals surface area contributed by atoms with Crippen LogP contribution in [0.4, 0.5) is 0 Å². The van der Waals surface area contributed by atoms with Crippen molar-refractivity contribution in [1.29, 1.82) is 0 Å². The van der Waals surface area contributed by atoms with Crippen LogP contribution in [0, 0.1) is 0 Å². The first-order valence-electron chi connectivity index (χ1n) is 4.47. The number of hydrogen-bond acceptors (Lipinski definition) is 3. The predicted molar refractivity (Wildman–Crippen MR) is 55.6 cm³/mol. The van der Waals surface area contributed by atoms with E-state index in [2.05, 4.69) is 10.0 Å². The van der Waals surface area contributed by atoms with Crippen molar-refractivity contribution in [3.8, 4) is 0 Å². The van der Waals surface area contributed by atoms with E-state index in [4.69, 9.17) is 5.53 Å². The maximum Gasteiger partial charge on any atom is 0.197 e. The summed E-state index contributed by atoms with van der Waals surface area (Å²) in [6, 6.07) is -0.463. The van der Waals surface area contributed by atoms with Gasteiger partial charge in [-0.3, -0.25) is 4.79 Å². The highest BCUT2D eigenvalue weighted by Crippen LogP contribution is 2.13. The predicted octanol–water partition coefficient (Wildman–Crippen LogP) is 3.14. The normalized spacial score (nSPS) is 11.8. The maximum atomic E-state index is 11.3. The summed E-state index contributed by atoms with van der Waals surface area (Å²) in [5.74, 6) is 0.738. The fourth-order valence-electron chi connectivity index (χ4n) is 0.921. The van der Waals surface area contributed by atoms with Gasteiger partial charge >= 0.3 is 0 Å². The van der Waals surface area contributed by atoms with Gasteiger partial charge in [-0.2, -0.15) is 0 Å². The summed E-state index contributed by atoms with van der Waals surface area (Å²) in [6.07, 6.45) is 2.62. The van der Waals surface area contributed by atoms with Crippen molar-refractivity contribution in [3.63, 3.8) is 0 Å². The number of azide groups is 1. The Kier molecular flexibility index (Phi) is 7.54. The molecular formula is C8H15N3OS. The van der Waals surface area contributed by atoms with E-state index in [9.17, 15) is 4.79 Å². The third kappa shape index (κ3) is 5.55. The van der Waals surface area contributed by atoms with Gasteiger partial charge in [0.25, 0.3) is 0 Å². The molecule has 4 nitrogen and oxygen atoms in total. The molecule has 0 bridgehead atoms. The molecule has 0 aromatic carbocycles. The van der Waals surface area contributed by atoms with Crippen molar-refractivity contribution in [2.24, 2.45) is 5.11 Å². The molecule has 0 amide bonds. The van der Waals surface area contributed by atoms with Crippen LogP contribution < -0.4 is 0 Å². The van der Waals surface area contributed by atoms with Crippen LogP contribution in [0.3, 0.4) is 0 Å². The van der Waals surface area contributed by atoms with Crippen molar-refractivity contribution in [2.75, 3.05) is 5.75 Å². The second kappa shape index (κ2) is 7.95. The molecule has 0 N–H and O–H groups in total. The number of carbonyl (C=O) groups excluding carboxylic acids is 1. The largest absolute Gasteiger partial charge is 0.287 e. The molecular weight excluding hydrogens is 186 g/mol. The Morgan fingerprint density at radius 1 is 1.62 bits per heavy atom. The summed E-state index contributed by atoms with van der Waals surface area (Å²) in [4.78, 5) is 14.0. The molecule has 0 aliphatic carbocycles. The molecule has 0 heterocycles. The average Bonchev–Trinajstić information content (AvgIpc) is 2.12. The molecule has 0 spiro atoms. The maximum absolute atomic E-state index is 11.3. The summed E-state index contributed by atoms with van der Waals surface area (Å²) in [6.45, 7) is 3.96. The van der Waals surface area contributed by atoms with Crippen molar-refractivity contribution >= 4 is 16.9 Å². The van der Waals surface area contributed by atoms with Crippen LogP contribution >= 0.6 is 11.8 Å². The highest BCUT2D eigenvalue weighted by Gasteiger charge is 2.15. The van der Waals surface area contributed by atoms with Crippen LogP contribution in [0.25, 0.3) is 10.4 Å². The van der Waals surface area contributed by atoms with Crippen molar-refractivity contribution in [1.82, 2.24) is 0 Å². The highest BCUT2D eigenvalue weighted by atomic mass is 32.2. The van der Waals surface area contributed by atoms with E-state index in [1.54, 1.807) is 0 Å². The summed E-state index contributed by atoms with van der Waals surface area (Å²) in [5.41, 5.74) is 8.25. The quantitative estimate of drug-likeness (QED) is 0.376. The van der Waals surface area contributed by atoms with Gasteiger partial charge in [0.05, 0.1) is 0 Å². The number of thioether (sulfide) groups is 1. The van der Waals surface area contributed by atoms with Crippen LogP contribution in [0.1, 0.15) is 33.1 Å². The SMILES string of the molecule is CCCCC(N=[N+]=[N-])C(=O)SCC. The second-order valence-electron chi connectivity index (χ2n) is 2.61. The van der Waals surface area contributed by atoms with E-state index >= 15 is 0 Å². The average molecular weight is 201 g/mol. The third-order valence-electron chi connectivity index (χ3n) is 1.58. The van der Waals surface area contributed by atoms with Gasteiger partial charge in [-0.1, -0.05) is 43.6 Å². The van der Waals surface area contributed by atoms with E-state index in [0.29, 0.717) is 6.42 Å². The van der Waals surface area contributed by atoms with Crippen LogP contribution in [-0.2, 0) is 4.79 Å². The van der Waals surface area contributed by atoms with Gasteiger partial charge < -0.3 is 0 Å². The molecule has 0 fully saturated rings. The Morgan fingerprint density at radius 3 is 2.77 bits per heavy atom. The number of nitrogens with zero attached hydrogens (tertiary/aromatic N) is 3. The fraction of sp³-hybridized carbons (Fsp3) is 0.875. The van der Waals surface area contributed by atoms with Gasteiger partial charge in [-0.25, -0.2) is 0 Å². The first-order valence-corrected chi connectivity index (χ1v) is 5.45. The second-order valence-corrected chi connectivity index (χ2v) is 3.88. The minimum atomic E-state index is -0.463. The van der Waals surface area contributed by atoms with Gasteiger partial charge in [0, 0.05) is 4.91 Å². The molecule has 1 atom stereocenters. The lowest BCUT2D eigenvalue weighted by atomic mass is 10.1. The molecule has 5 heteroatoms. The lowest BCUT2D eigenvalue weighted by Gasteiger charge is -2.06. The van der Waals surface area contributed by atoms with E-state index in [1.165, 1.54) is 11.8 Å². The lowest BCUT2D eigenvalue weighted by Crippen LogP contribution is -2.14. The Labute approximate surface area is 82.7 Å². The van der Waals surface area contributed by atoms with Crippen molar-refractivity contribution in [3.05, 3.63) is 10.4 Å². The first-order chi connectivity index (χ1) is 6.26. The summed E-state index contributed by atoms with van der Waals surface area (Å²) in [5, 5.41) is 3.48. The Hall–Kier alpha value is -0.670. The van der Waals surface area contributed by atoms with Crippen molar-refractivity contribution in [2.45, 2.75) is 39.2 Å². The molecule has 0 aliphatic rings. The minimum absolute atomic E-state index is 0.00579. The van der Waals surface area contributed by atoms with Crippen molar-refractivity contribution < 1.29 is 4.79 Å². The number of rotatable bonds is 6. The van der Waals surface area contributed by atoms with E-state index in [0.717, 1.165) is 18.6 Å². The van der Waals surface area contributed by atoms with E-state index in [1.807, 2.05) is 13.8 Å². The zero-order valence-electron chi connectivity index (χ0n) is 8.06. The number of hydrogen-bond donors (Lipinski definition) is 0. The number of unbranched alkanes of at least 4 members (excludes halogenated alkanes) is 1.